The summed E-state index contributed by atoms with van der Waals surface area (Å²) < 4.78 is 25.2. The maximum Gasteiger partial charge on any atom is 0.417 e. The maximum atomic E-state index is 14.6. The largest absolute Gasteiger partial charge is 0.444 e. The second-order valence-electron chi connectivity index (χ2n) is 10.6. The molecule has 4 aromatic rings. The Morgan fingerprint density at radius 3 is 2.70 bits per heavy atom. The number of aromatic nitrogens is 1. The molecule has 0 aliphatic carbocycles. The number of aromatic amines is 1. The molecular formula is C29H27FN4O5S. The second kappa shape index (κ2) is 10.6. The predicted molar refractivity (Wildman–Crippen MR) is 149 cm³/mol. The van der Waals surface area contributed by atoms with E-state index in [9.17, 15) is 18.8 Å². The van der Waals surface area contributed by atoms with Gasteiger partial charge in [-0.15, -0.1) is 11.3 Å². The summed E-state index contributed by atoms with van der Waals surface area (Å²) in [5.74, 6) is -1.45. The lowest BCUT2D eigenvalue weighted by Gasteiger charge is -2.33. The van der Waals surface area contributed by atoms with Crippen molar-refractivity contribution in [3.8, 4) is 27.6 Å². The van der Waals surface area contributed by atoms with E-state index in [1.807, 2.05) is 6.07 Å². The number of nitrogens with one attached hydrogen (secondary N) is 2. The van der Waals surface area contributed by atoms with E-state index < -0.39 is 23.3 Å². The number of fused-ring (bicyclic) bond motifs is 1. The molecule has 1 aliphatic heterocycles. The molecule has 206 valence electrons. The molecule has 1 saturated heterocycles. The van der Waals surface area contributed by atoms with E-state index in [0.717, 1.165) is 6.42 Å². The standard InChI is InChI=1S/C29H27FN4O5S/c1-29(2,3)39-28(37)32-19-5-4-10-34(15-19)26(35)24-13-20(16-6-7-18(14-31)21(30)11-16)25(40-24)17-8-9-22-23(12-17)38-27(36)33-22/h6-9,11-13,19H,4-5,10,15H2,1-3H3,(H,32,37)(H,33,36)/t19-/m1/s1. The Hall–Kier alpha value is -4.43. The predicted octanol–water partition coefficient (Wildman–Crippen LogP) is 5.66. The zero-order valence-corrected chi connectivity index (χ0v) is 23.0. The van der Waals surface area contributed by atoms with Crippen molar-refractivity contribution in [2.24, 2.45) is 0 Å². The minimum absolute atomic E-state index is 0.0795. The van der Waals surface area contributed by atoms with E-state index in [0.29, 0.717) is 57.1 Å². The number of carbonyl (C=O) groups is 2. The Kier molecular flexibility index (Phi) is 7.21. The normalized spacial score (nSPS) is 15.6. The third kappa shape index (κ3) is 5.77. The van der Waals surface area contributed by atoms with E-state index in [4.69, 9.17) is 14.4 Å². The summed E-state index contributed by atoms with van der Waals surface area (Å²) in [5.41, 5.74) is 1.97. The number of hydrogen-bond acceptors (Lipinski definition) is 7. The minimum Gasteiger partial charge on any atom is -0.444 e. The van der Waals surface area contributed by atoms with Crippen molar-refractivity contribution in [2.45, 2.75) is 45.3 Å². The number of carbonyl (C=O) groups excluding carboxylic acids is 2. The molecule has 0 radical (unpaired) electrons. The van der Waals surface area contributed by atoms with Crippen LogP contribution in [0.1, 0.15) is 48.8 Å². The van der Waals surface area contributed by atoms with Gasteiger partial charge in [-0.1, -0.05) is 12.1 Å². The molecule has 0 saturated carbocycles. The van der Waals surface area contributed by atoms with Crippen molar-refractivity contribution in [3.05, 3.63) is 69.3 Å². The fraction of sp³-hybridized carbons (Fsp3) is 0.310. The van der Waals surface area contributed by atoms with Crippen molar-refractivity contribution in [1.29, 1.82) is 5.26 Å². The fourth-order valence-electron chi connectivity index (χ4n) is 4.69. The van der Waals surface area contributed by atoms with Gasteiger partial charge < -0.3 is 19.4 Å². The molecule has 5 rings (SSSR count). The van der Waals surface area contributed by atoms with Gasteiger partial charge in [0.05, 0.1) is 16.0 Å². The van der Waals surface area contributed by atoms with Gasteiger partial charge in [-0.25, -0.2) is 14.0 Å². The molecule has 1 fully saturated rings. The van der Waals surface area contributed by atoms with Crippen LogP contribution < -0.4 is 11.1 Å². The van der Waals surface area contributed by atoms with Crippen LogP contribution >= 0.6 is 11.3 Å². The van der Waals surface area contributed by atoms with Crippen LogP contribution in [0.4, 0.5) is 9.18 Å². The molecule has 3 heterocycles. The number of H-pyrrole nitrogens is 1. The Bertz CT molecular complexity index is 1710. The zero-order valence-electron chi connectivity index (χ0n) is 22.2. The van der Waals surface area contributed by atoms with Crippen LogP contribution in [-0.4, -0.2) is 46.6 Å². The van der Waals surface area contributed by atoms with Gasteiger partial charge in [0.25, 0.3) is 5.91 Å². The molecule has 1 atom stereocenters. The Morgan fingerprint density at radius 1 is 1.20 bits per heavy atom. The van der Waals surface area contributed by atoms with E-state index in [1.165, 1.54) is 23.5 Å². The third-order valence-corrected chi connectivity index (χ3v) is 7.63. The van der Waals surface area contributed by atoms with Gasteiger partial charge in [0, 0.05) is 29.6 Å². The van der Waals surface area contributed by atoms with Crippen molar-refractivity contribution in [1.82, 2.24) is 15.2 Å². The van der Waals surface area contributed by atoms with Gasteiger partial charge in [0.15, 0.2) is 5.58 Å². The summed E-state index contributed by atoms with van der Waals surface area (Å²) in [6.07, 6.45) is 0.902. The number of benzene rings is 2. The number of likely N-dealkylation sites (tertiary alicyclic amines) is 1. The van der Waals surface area contributed by atoms with Crippen LogP contribution in [0.25, 0.3) is 32.7 Å². The molecule has 11 heteroatoms. The van der Waals surface area contributed by atoms with Gasteiger partial charge >= 0.3 is 11.8 Å². The van der Waals surface area contributed by atoms with Gasteiger partial charge in [0.2, 0.25) is 0 Å². The van der Waals surface area contributed by atoms with Crippen LogP contribution in [0.5, 0.6) is 0 Å². The van der Waals surface area contributed by atoms with E-state index in [1.54, 1.807) is 56.0 Å². The first-order chi connectivity index (χ1) is 19.0. The summed E-state index contributed by atoms with van der Waals surface area (Å²) in [6.45, 7) is 6.22. The molecule has 2 amide bonds. The molecule has 2 N–H and O–H groups in total. The number of halogens is 1. The summed E-state index contributed by atoms with van der Waals surface area (Å²) in [7, 11) is 0. The average molecular weight is 563 g/mol. The zero-order chi connectivity index (χ0) is 28.6. The smallest absolute Gasteiger partial charge is 0.417 e. The lowest BCUT2D eigenvalue weighted by Crippen LogP contribution is -2.50. The molecule has 9 nitrogen and oxygen atoms in total. The Balaban J connectivity index is 1.48. The van der Waals surface area contributed by atoms with Crippen molar-refractivity contribution in [3.63, 3.8) is 0 Å². The van der Waals surface area contributed by atoms with Crippen molar-refractivity contribution in [2.75, 3.05) is 13.1 Å². The van der Waals surface area contributed by atoms with Crippen molar-refractivity contribution >= 4 is 34.4 Å². The molecule has 0 spiro atoms. The highest BCUT2D eigenvalue weighted by Gasteiger charge is 2.29. The molecule has 1 aliphatic rings. The first-order valence-corrected chi connectivity index (χ1v) is 13.6. The number of oxazole rings is 1. The number of amides is 2. The number of ether oxygens (including phenoxy) is 1. The van der Waals surface area contributed by atoms with Crippen LogP contribution in [-0.2, 0) is 4.74 Å². The number of nitrogens with zero attached hydrogens (tertiary/aromatic N) is 2. The Labute approximate surface area is 233 Å². The van der Waals surface area contributed by atoms with E-state index in [-0.39, 0.29) is 17.5 Å². The van der Waals surface area contributed by atoms with Crippen LogP contribution in [0.15, 0.2) is 51.7 Å². The monoisotopic (exact) mass is 562 g/mol. The quantitative estimate of drug-likeness (QED) is 0.330. The number of hydrogen-bond donors (Lipinski definition) is 2. The van der Waals surface area contributed by atoms with Crippen molar-refractivity contribution < 1.29 is 23.1 Å². The topological polar surface area (TPSA) is 128 Å². The highest BCUT2D eigenvalue weighted by atomic mass is 32.1. The van der Waals surface area contributed by atoms with Gasteiger partial charge in [-0.3, -0.25) is 9.78 Å². The third-order valence-electron chi connectivity index (χ3n) is 6.46. The first-order valence-electron chi connectivity index (χ1n) is 12.8. The SMILES string of the molecule is CC(C)(C)OC(=O)N[C@@H]1CCCN(C(=O)c2cc(-c3ccc(C#N)c(F)c3)c(-c3ccc4[nH]c(=O)oc4c3)s2)C1. The fourth-order valence-corrected chi connectivity index (χ4v) is 5.84. The first kappa shape index (κ1) is 27.1. The maximum absolute atomic E-state index is 14.6. The lowest BCUT2D eigenvalue weighted by molar-refractivity contribution is 0.0453. The molecule has 40 heavy (non-hydrogen) atoms. The van der Waals surface area contributed by atoms with Gasteiger partial charge in [-0.2, -0.15) is 5.26 Å². The Morgan fingerprint density at radius 2 is 1.98 bits per heavy atom. The van der Waals surface area contributed by atoms with Gasteiger partial charge in [-0.05, 0) is 75.1 Å². The van der Waals surface area contributed by atoms with Gasteiger partial charge in [0.1, 0.15) is 17.5 Å². The second-order valence-corrected chi connectivity index (χ2v) is 11.7. The molecule has 2 aromatic heterocycles. The molecule has 2 aromatic carbocycles. The highest BCUT2D eigenvalue weighted by Crippen LogP contribution is 2.41. The molecule has 0 unspecified atom stereocenters. The number of nitriles is 1. The highest BCUT2D eigenvalue weighted by molar-refractivity contribution is 7.18. The molecule has 0 bridgehead atoms. The molecular weight excluding hydrogens is 535 g/mol. The van der Waals surface area contributed by atoms with E-state index in [2.05, 4.69) is 10.3 Å². The van der Waals surface area contributed by atoms with E-state index >= 15 is 0 Å². The number of thiophene rings is 1. The average Bonchev–Trinajstić information content (AvgIpc) is 3.50. The van der Waals surface area contributed by atoms with Crippen LogP contribution in [0, 0.1) is 17.1 Å². The van der Waals surface area contributed by atoms with Crippen LogP contribution in [0.3, 0.4) is 0 Å². The number of alkyl carbamates (subject to hydrolysis) is 1. The minimum atomic E-state index is -0.663. The van der Waals surface area contributed by atoms with Crippen LogP contribution in [0.2, 0.25) is 0 Å². The summed E-state index contributed by atoms with van der Waals surface area (Å²) >= 11 is 1.24. The lowest BCUT2D eigenvalue weighted by atomic mass is 10.0. The summed E-state index contributed by atoms with van der Waals surface area (Å²) in [4.78, 5) is 43.1. The summed E-state index contributed by atoms with van der Waals surface area (Å²) in [5, 5.41) is 12.0. The number of piperidine rings is 1. The number of rotatable bonds is 4. The summed E-state index contributed by atoms with van der Waals surface area (Å²) in [6, 6.07) is 12.8.